The summed E-state index contributed by atoms with van der Waals surface area (Å²) in [6, 6.07) is 5.03. The number of carbonyl (C=O) groups is 1. The van der Waals surface area contributed by atoms with Gasteiger partial charge in [-0.2, -0.15) is 0 Å². The van der Waals surface area contributed by atoms with Gasteiger partial charge in [-0.1, -0.05) is 23.9 Å². The van der Waals surface area contributed by atoms with Crippen molar-refractivity contribution in [3.63, 3.8) is 0 Å². The molecular weight excluding hydrogens is 350 g/mol. The summed E-state index contributed by atoms with van der Waals surface area (Å²) >= 11 is 1.47. The highest BCUT2D eigenvalue weighted by Gasteiger charge is 2.24. The van der Waals surface area contributed by atoms with E-state index in [1.807, 2.05) is 19.9 Å². The molecule has 1 aromatic carbocycles. The average Bonchev–Trinajstić information content (AvgIpc) is 3.03. The molecule has 0 saturated heterocycles. The lowest BCUT2D eigenvalue weighted by Gasteiger charge is -2.12. The maximum atomic E-state index is 11.9. The number of hydrogen-bond donors (Lipinski definition) is 2. The largest absolute Gasteiger partial charge is 0.507 e. The highest BCUT2D eigenvalue weighted by atomic mass is 32.2. The zero-order valence-corrected chi connectivity index (χ0v) is 15.8. The monoisotopic (exact) mass is 371 g/mol. The molecule has 0 bridgehead atoms. The fourth-order valence-electron chi connectivity index (χ4n) is 2.83. The van der Waals surface area contributed by atoms with E-state index in [4.69, 9.17) is 9.72 Å². The summed E-state index contributed by atoms with van der Waals surface area (Å²) in [5.41, 5.74) is 3.03. The van der Waals surface area contributed by atoms with Crippen molar-refractivity contribution in [3.05, 3.63) is 41.6 Å². The number of thioether (sulfide) groups is 1. The second-order valence-corrected chi connectivity index (χ2v) is 7.31. The number of carbonyl (C=O) groups excluding carboxylic acids is 1. The molecule has 7 heteroatoms. The van der Waals surface area contributed by atoms with E-state index in [2.05, 4.69) is 16.9 Å². The number of benzene rings is 1. The standard InChI is InChI=1S/C19H21N3O3S/c1-10(2)7-17(24)22-19-21-14(9-26-19)13-8-15(23)12-5-6-16(25-4)11(3)18(12)20-13/h5-6,8,14H,1,7,9H2,2-4H3,(H,20,23)(H,21,22,24). The van der Waals surface area contributed by atoms with Crippen LogP contribution in [0.15, 0.2) is 35.3 Å². The molecule has 6 nitrogen and oxygen atoms in total. The van der Waals surface area contributed by atoms with Gasteiger partial charge in [0.05, 0.1) is 18.3 Å². The van der Waals surface area contributed by atoms with Gasteiger partial charge in [-0.3, -0.25) is 9.79 Å². The molecule has 1 aromatic heterocycles. The summed E-state index contributed by atoms with van der Waals surface area (Å²) in [5.74, 6) is 1.41. The van der Waals surface area contributed by atoms with Gasteiger partial charge in [0.1, 0.15) is 17.5 Å². The number of methoxy groups -OCH3 is 1. The number of fused-ring (bicyclic) bond motifs is 1. The van der Waals surface area contributed by atoms with E-state index >= 15 is 0 Å². The number of hydrogen-bond acceptors (Lipinski definition) is 6. The Morgan fingerprint density at radius 1 is 1.50 bits per heavy atom. The molecule has 0 saturated carbocycles. The first-order valence-electron chi connectivity index (χ1n) is 8.21. The Morgan fingerprint density at radius 3 is 2.96 bits per heavy atom. The molecule has 0 fully saturated rings. The van der Waals surface area contributed by atoms with E-state index in [0.717, 1.165) is 16.9 Å². The van der Waals surface area contributed by atoms with E-state index in [0.29, 0.717) is 27.5 Å². The zero-order valence-electron chi connectivity index (χ0n) is 15.0. The van der Waals surface area contributed by atoms with Crippen molar-refractivity contribution in [3.8, 4) is 11.5 Å². The minimum absolute atomic E-state index is 0.126. The average molecular weight is 371 g/mol. The SMILES string of the molecule is C=C(C)CC(=O)NC1=NC(c2cc(O)c3ccc(OC)c(C)c3n2)CS1. The number of ether oxygens (including phenoxy) is 1. The number of pyridine rings is 1. The molecule has 2 N–H and O–H groups in total. The van der Waals surface area contributed by atoms with Crippen molar-refractivity contribution >= 4 is 33.7 Å². The van der Waals surface area contributed by atoms with Gasteiger partial charge >= 0.3 is 0 Å². The zero-order chi connectivity index (χ0) is 18.8. The molecule has 0 spiro atoms. The van der Waals surface area contributed by atoms with E-state index in [-0.39, 0.29) is 24.1 Å². The Bertz CT molecular complexity index is 924. The number of rotatable bonds is 4. The van der Waals surface area contributed by atoms with Crippen molar-refractivity contribution in [2.75, 3.05) is 12.9 Å². The molecule has 1 atom stereocenters. The maximum Gasteiger partial charge on any atom is 0.229 e. The molecule has 1 amide bonds. The number of nitrogens with one attached hydrogen (secondary N) is 1. The van der Waals surface area contributed by atoms with E-state index < -0.39 is 0 Å². The molecule has 0 aliphatic carbocycles. The molecule has 1 aliphatic rings. The van der Waals surface area contributed by atoms with Gasteiger partial charge in [-0.25, -0.2) is 4.98 Å². The van der Waals surface area contributed by atoms with Crippen LogP contribution in [0.5, 0.6) is 11.5 Å². The number of aryl methyl sites for hydroxylation is 1. The summed E-state index contributed by atoms with van der Waals surface area (Å²) in [6.45, 7) is 7.46. The number of amides is 1. The minimum atomic E-state index is -0.221. The van der Waals surface area contributed by atoms with Crippen LogP contribution in [0.1, 0.15) is 30.6 Å². The molecule has 1 unspecified atom stereocenters. The smallest absolute Gasteiger partial charge is 0.229 e. The van der Waals surface area contributed by atoms with E-state index in [1.165, 1.54) is 11.8 Å². The summed E-state index contributed by atoms with van der Waals surface area (Å²) in [6.07, 6.45) is 0.276. The third kappa shape index (κ3) is 3.67. The molecule has 3 rings (SSSR count). The first-order valence-corrected chi connectivity index (χ1v) is 9.19. The van der Waals surface area contributed by atoms with Crippen molar-refractivity contribution in [2.24, 2.45) is 4.99 Å². The second kappa shape index (κ2) is 7.37. The van der Waals surface area contributed by atoms with Gasteiger partial charge < -0.3 is 15.2 Å². The first kappa shape index (κ1) is 18.3. The quantitative estimate of drug-likeness (QED) is 0.804. The summed E-state index contributed by atoms with van der Waals surface area (Å²) < 4.78 is 5.34. The Labute approximate surface area is 156 Å². The van der Waals surface area contributed by atoms with Gasteiger partial charge in [-0.15, -0.1) is 0 Å². The van der Waals surface area contributed by atoms with Crippen molar-refractivity contribution in [1.29, 1.82) is 0 Å². The minimum Gasteiger partial charge on any atom is -0.507 e. The van der Waals surface area contributed by atoms with Crippen LogP contribution in [0.3, 0.4) is 0 Å². The highest BCUT2D eigenvalue weighted by molar-refractivity contribution is 8.14. The normalized spacial score (nSPS) is 16.4. The van der Waals surface area contributed by atoms with Gasteiger partial charge in [0.25, 0.3) is 0 Å². The molecule has 2 aromatic rings. The van der Waals surface area contributed by atoms with Gasteiger partial charge in [0.2, 0.25) is 5.91 Å². The van der Waals surface area contributed by atoms with E-state index in [9.17, 15) is 9.90 Å². The van der Waals surface area contributed by atoms with Crippen LogP contribution >= 0.6 is 11.8 Å². The van der Waals surface area contributed by atoms with Gasteiger partial charge in [0.15, 0.2) is 5.17 Å². The molecule has 2 heterocycles. The van der Waals surface area contributed by atoms with Crippen LogP contribution in [-0.4, -0.2) is 34.0 Å². The first-order chi connectivity index (χ1) is 12.4. The molecule has 1 aliphatic heterocycles. The lowest BCUT2D eigenvalue weighted by molar-refractivity contribution is -0.118. The molecule has 0 radical (unpaired) electrons. The predicted molar refractivity (Wildman–Crippen MR) is 105 cm³/mol. The number of aliphatic imine (C=N–C) groups is 1. The molecular formula is C19H21N3O3S. The van der Waals surface area contributed by atoms with E-state index in [1.54, 1.807) is 19.2 Å². The fraction of sp³-hybridized carbons (Fsp3) is 0.316. The fourth-order valence-corrected chi connectivity index (χ4v) is 3.78. The van der Waals surface area contributed by atoms with Crippen LogP contribution < -0.4 is 10.1 Å². The summed E-state index contributed by atoms with van der Waals surface area (Å²) in [5, 5.41) is 14.4. The maximum absolute atomic E-state index is 11.9. The van der Waals surface area contributed by atoms with Crippen LogP contribution in [0.2, 0.25) is 0 Å². The molecule has 136 valence electrons. The number of aromatic nitrogens is 1. The summed E-state index contributed by atoms with van der Waals surface area (Å²) in [7, 11) is 1.61. The number of aromatic hydroxyl groups is 1. The van der Waals surface area contributed by atoms with Crippen LogP contribution in [0, 0.1) is 6.92 Å². The third-order valence-electron chi connectivity index (χ3n) is 4.10. The Hall–Kier alpha value is -2.54. The Balaban J connectivity index is 1.90. The lowest BCUT2D eigenvalue weighted by Crippen LogP contribution is -2.27. The number of amidine groups is 1. The van der Waals surface area contributed by atoms with Crippen LogP contribution in [0.4, 0.5) is 0 Å². The van der Waals surface area contributed by atoms with Crippen molar-refractivity contribution in [2.45, 2.75) is 26.3 Å². The Morgan fingerprint density at radius 2 is 2.27 bits per heavy atom. The third-order valence-corrected chi connectivity index (χ3v) is 5.07. The highest BCUT2D eigenvalue weighted by Crippen LogP contribution is 2.36. The van der Waals surface area contributed by atoms with Crippen molar-refractivity contribution in [1.82, 2.24) is 10.3 Å². The topological polar surface area (TPSA) is 83.8 Å². The second-order valence-electron chi connectivity index (χ2n) is 6.30. The van der Waals surface area contributed by atoms with Crippen LogP contribution in [-0.2, 0) is 4.79 Å². The predicted octanol–water partition coefficient (Wildman–Crippen LogP) is 3.48. The molecule has 26 heavy (non-hydrogen) atoms. The van der Waals surface area contributed by atoms with Crippen molar-refractivity contribution < 1.29 is 14.6 Å². The van der Waals surface area contributed by atoms with Gasteiger partial charge in [-0.05, 0) is 26.0 Å². The summed E-state index contributed by atoms with van der Waals surface area (Å²) in [4.78, 5) is 21.1. The van der Waals surface area contributed by atoms with Crippen LogP contribution in [0.25, 0.3) is 10.9 Å². The number of nitrogens with zero attached hydrogens (tertiary/aromatic N) is 2. The Kier molecular flexibility index (Phi) is 5.18. The lowest BCUT2D eigenvalue weighted by atomic mass is 10.1. The van der Waals surface area contributed by atoms with Gasteiger partial charge in [0, 0.05) is 29.2 Å².